The van der Waals surface area contributed by atoms with E-state index in [9.17, 15) is 9.18 Å². The number of nitrogens with one attached hydrogen (secondary N) is 1. The maximum absolute atomic E-state index is 13.0. The monoisotopic (exact) mass is 377 g/mol. The first-order valence-corrected chi connectivity index (χ1v) is 9.88. The van der Waals surface area contributed by atoms with E-state index in [1.807, 2.05) is 6.92 Å². The van der Waals surface area contributed by atoms with E-state index in [1.165, 1.54) is 30.3 Å². The number of aromatic nitrogens is 2. The summed E-state index contributed by atoms with van der Waals surface area (Å²) in [5.41, 5.74) is 0.646. The van der Waals surface area contributed by atoms with Gasteiger partial charge in [0.05, 0.1) is 5.25 Å². The number of thioether (sulfide) groups is 1. The first kappa shape index (κ1) is 18.9. The van der Waals surface area contributed by atoms with E-state index in [0.29, 0.717) is 28.5 Å². The number of hydrogen-bond acceptors (Lipinski definition) is 5. The molecule has 1 aliphatic rings. The van der Waals surface area contributed by atoms with Gasteiger partial charge in [0.2, 0.25) is 11.8 Å². The number of carbonyl (C=O) groups is 1. The van der Waals surface area contributed by atoms with Crippen LogP contribution in [0.2, 0.25) is 0 Å². The van der Waals surface area contributed by atoms with Gasteiger partial charge in [0.25, 0.3) is 5.22 Å². The lowest BCUT2D eigenvalue weighted by Gasteiger charge is -2.35. The molecule has 1 amide bonds. The zero-order valence-corrected chi connectivity index (χ0v) is 16.1. The van der Waals surface area contributed by atoms with Crippen LogP contribution < -0.4 is 5.32 Å². The average Bonchev–Trinajstić information content (AvgIpc) is 3.08. The van der Waals surface area contributed by atoms with Gasteiger partial charge in [-0.05, 0) is 49.4 Å². The van der Waals surface area contributed by atoms with Crippen molar-refractivity contribution in [2.45, 2.75) is 56.5 Å². The molecule has 0 aliphatic heterocycles. The summed E-state index contributed by atoms with van der Waals surface area (Å²) in [5.74, 6) is 1.10. The first-order valence-electron chi connectivity index (χ1n) is 9.00. The predicted molar refractivity (Wildman–Crippen MR) is 99.1 cm³/mol. The summed E-state index contributed by atoms with van der Waals surface area (Å²) in [5, 5.41) is 11.1. The molecule has 1 aromatic carbocycles. The molecule has 0 radical (unpaired) electrons. The van der Waals surface area contributed by atoms with Gasteiger partial charge < -0.3 is 9.73 Å². The van der Waals surface area contributed by atoms with Gasteiger partial charge in [-0.1, -0.05) is 38.5 Å². The van der Waals surface area contributed by atoms with Crippen molar-refractivity contribution >= 4 is 17.7 Å². The third-order valence-corrected chi connectivity index (χ3v) is 6.11. The highest BCUT2D eigenvalue weighted by molar-refractivity contribution is 8.00. The lowest BCUT2D eigenvalue weighted by Crippen LogP contribution is -2.46. The van der Waals surface area contributed by atoms with Crippen molar-refractivity contribution in [3.63, 3.8) is 0 Å². The number of benzene rings is 1. The zero-order chi connectivity index (χ0) is 18.7. The predicted octanol–water partition coefficient (Wildman–Crippen LogP) is 4.30. The Morgan fingerprint density at radius 3 is 2.73 bits per heavy atom. The van der Waals surface area contributed by atoms with Crippen LogP contribution in [0.15, 0.2) is 33.9 Å². The Balaban J connectivity index is 1.58. The van der Waals surface area contributed by atoms with E-state index in [4.69, 9.17) is 4.42 Å². The number of rotatable bonds is 5. The Morgan fingerprint density at radius 2 is 2.00 bits per heavy atom. The topological polar surface area (TPSA) is 68.0 Å². The summed E-state index contributed by atoms with van der Waals surface area (Å²) in [6, 6.07) is 6.08. The lowest BCUT2D eigenvalue weighted by molar-refractivity contribution is -0.121. The highest BCUT2D eigenvalue weighted by Gasteiger charge is 2.29. The maximum atomic E-state index is 13.0. The number of carbonyl (C=O) groups excluding carboxylic acids is 1. The second kappa shape index (κ2) is 8.20. The molecule has 0 unspecified atom stereocenters. The van der Waals surface area contributed by atoms with Gasteiger partial charge in [0.1, 0.15) is 5.82 Å². The van der Waals surface area contributed by atoms with E-state index < -0.39 is 0 Å². The van der Waals surface area contributed by atoms with E-state index in [1.54, 1.807) is 12.1 Å². The van der Waals surface area contributed by atoms with Crippen LogP contribution in [-0.2, 0) is 4.79 Å². The van der Waals surface area contributed by atoms with Crippen molar-refractivity contribution in [1.82, 2.24) is 15.5 Å². The average molecular weight is 377 g/mol. The SMILES string of the molecule is C[C@H]1[C@H](C)CCC[C@@H]1NC(=O)[C@@H](C)Sc1nnc(-c2ccc(F)cc2)o1. The molecule has 1 aliphatic carbocycles. The normalized spacial score (nSPS) is 24.2. The van der Waals surface area contributed by atoms with Crippen molar-refractivity contribution in [2.24, 2.45) is 11.8 Å². The number of halogens is 1. The molecule has 26 heavy (non-hydrogen) atoms. The molecule has 140 valence electrons. The largest absolute Gasteiger partial charge is 0.411 e. The summed E-state index contributed by atoms with van der Waals surface area (Å²) in [7, 11) is 0. The Labute approximate surface area is 157 Å². The van der Waals surface area contributed by atoms with Crippen LogP contribution in [0.3, 0.4) is 0 Å². The Hall–Kier alpha value is -1.89. The smallest absolute Gasteiger partial charge is 0.277 e. The van der Waals surface area contributed by atoms with Gasteiger partial charge >= 0.3 is 0 Å². The summed E-state index contributed by atoms with van der Waals surface area (Å²) in [6.07, 6.45) is 3.42. The Morgan fingerprint density at radius 1 is 1.27 bits per heavy atom. The van der Waals surface area contributed by atoms with Crippen LogP contribution in [0.1, 0.15) is 40.0 Å². The standard InChI is InChI=1S/C19H24FN3O2S/c1-11-5-4-6-16(12(11)2)21-17(24)13(3)26-19-23-22-18(25-19)14-7-9-15(20)10-8-14/h7-13,16H,4-6H2,1-3H3,(H,21,24)/t11-,12+,13-,16+/m1/s1. The van der Waals surface area contributed by atoms with Crippen LogP contribution in [0.25, 0.3) is 11.5 Å². The summed E-state index contributed by atoms with van der Waals surface area (Å²) >= 11 is 1.23. The third-order valence-electron chi connectivity index (χ3n) is 5.18. The van der Waals surface area contributed by atoms with Crippen molar-refractivity contribution in [3.8, 4) is 11.5 Å². The number of nitrogens with zero attached hydrogens (tertiary/aromatic N) is 2. The summed E-state index contributed by atoms with van der Waals surface area (Å²) < 4.78 is 18.6. The number of hydrogen-bond donors (Lipinski definition) is 1. The summed E-state index contributed by atoms with van der Waals surface area (Å²) in [6.45, 7) is 6.29. The maximum Gasteiger partial charge on any atom is 0.277 e. The molecule has 1 N–H and O–H groups in total. The minimum Gasteiger partial charge on any atom is -0.411 e. The molecule has 3 rings (SSSR count). The fourth-order valence-electron chi connectivity index (χ4n) is 3.26. The van der Waals surface area contributed by atoms with E-state index >= 15 is 0 Å². The van der Waals surface area contributed by atoms with Crippen LogP contribution in [-0.4, -0.2) is 27.4 Å². The van der Waals surface area contributed by atoms with Gasteiger partial charge in [-0.3, -0.25) is 4.79 Å². The van der Waals surface area contributed by atoms with Gasteiger partial charge in [-0.2, -0.15) is 0 Å². The van der Waals surface area contributed by atoms with Crippen LogP contribution >= 0.6 is 11.8 Å². The summed E-state index contributed by atoms with van der Waals surface area (Å²) in [4.78, 5) is 12.5. The van der Waals surface area contributed by atoms with Gasteiger partial charge in [-0.15, -0.1) is 10.2 Å². The van der Waals surface area contributed by atoms with E-state index in [0.717, 1.165) is 12.8 Å². The molecule has 4 atom stereocenters. The van der Waals surface area contributed by atoms with E-state index in [-0.39, 0.29) is 23.0 Å². The van der Waals surface area contributed by atoms with Crippen molar-refractivity contribution in [3.05, 3.63) is 30.1 Å². The van der Waals surface area contributed by atoms with Crippen LogP contribution in [0.5, 0.6) is 0 Å². The molecule has 5 nitrogen and oxygen atoms in total. The fraction of sp³-hybridized carbons (Fsp3) is 0.526. The van der Waals surface area contributed by atoms with Crippen LogP contribution in [0, 0.1) is 17.7 Å². The van der Waals surface area contributed by atoms with Gasteiger partial charge in [0.15, 0.2) is 0 Å². The molecule has 0 bridgehead atoms. The second-order valence-electron chi connectivity index (χ2n) is 7.02. The molecule has 1 saturated carbocycles. The molecule has 2 aromatic rings. The molecular weight excluding hydrogens is 353 g/mol. The second-order valence-corrected chi connectivity index (χ2v) is 8.31. The molecule has 7 heteroatoms. The van der Waals surface area contributed by atoms with Crippen molar-refractivity contribution in [2.75, 3.05) is 0 Å². The van der Waals surface area contributed by atoms with Crippen molar-refractivity contribution in [1.29, 1.82) is 0 Å². The number of amides is 1. The zero-order valence-electron chi connectivity index (χ0n) is 15.2. The lowest BCUT2D eigenvalue weighted by atomic mass is 9.78. The molecule has 0 saturated heterocycles. The minimum absolute atomic E-state index is 0.0116. The molecule has 0 spiro atoms. The first-order chi connectivity index (χ1) is 12.4. The van der Waals surface area contributed by atoms with Crippen LogP contribution in [0.4, 0.5) is 4.39 Å². The fourth-order valence-corrected chi connectivity index (χ4v) is 3.95. The Bertz CT molecular complexity index is 749. The quantitative estimate of drug-likeness (QED) is 0.787. The third kappa shape index (κ3) is 4.44. The highest BCUT2D eigenvalue weighted by Crippen LogP contribution is 2.30. The Kier molecular flexibility index (Phi) is 5.96. The molecule has 1 fully saturated rings. The molecule has 1 aromatic heterocycles. The van der Waals surface area contributed by atoms with Gasteiger partial charge in [-0.25, -0.2) is 4.39 Å². The molecule has 1 heterocycles. The molecular formula is C19H24FN3O2S. The van der Waals surface area contributed by atoms with Crippen molar-refractivity contribution < 1.29 is 13.6 Å². The minimum atomic E-state index is -0.332. The highest BCUT2D eigenvalue weighted by atomic mass is 32.2. The van der Waals surface area contributed by atoms with E-state index in [2.05, 4.69) is 29.4 Å². The van der Waals surface area contributed by atoms with Gasteiger partial charge in [0, 0.05) is 11.6 Å².